The zero-order valence-corrected chi connectivity index (χ0v) is 21.6. The summed E-state index contributed by atoms with van der Waals surface area (Å²) in [5, 5.41) is 0. The topological polar surface area (TPSA) is 42.4 Å². The van der Waals surface area contributed by atoms with Crippen molar-refractivity contribution in [1.82, 2.24) is 9.88 Å². The molecule has 5 rings (SSSR count). The Hall–Kier alpha value is -1.58. The molecule has 4 aliphatic rings. The van der Waals surface area contributed by atoms with E-state index in [1.807, 2.05) is 40.2 Å². The first-order chi connectivity index (χ1) is 15.6. The molecule has 0 saturated heterocycles. The van der Waals surface area contributed by atoms with Crippen molar-refractivity contribution in [1.29, 1.82) is 0 Å². The largest absolute Gasteiger partial charge is 0.444 e. The molecular formula is C29H45N2O2. The molecule has 0 spiro atoms. The van der Waals surface area contributed by atoms with Crippen molar-refractivity contribution in [3.63, 3.8) is 0 Å². The van der Waals surface area contributed by atoms with E-state index in [4.69, 9.17) is 4.74 Å². The highest BCUT2D eigenvalue weighted by molar-refractivity contribution is 5.67. The van der Waals surface area contributed by atoms with Crippen LogP contribution in [0.15, 0.2) is 24.5 Å². The maximum atomic E-state index is 12.5. The molecule has 1 aromatic heterocycles. The Morgan fingerprint density at radius 2 is 1.70 bits per heavy atom. The van der Waals surface area contributed by atoms with E-state index in [2.05, 4.69) is 30.5 Å². The predicted octanol–water partition coefficient (Wildman–Crippen LogP) is 7.14. The zero-order valence-electron chi connectivity index (χ0n) is 21.6. The highest BCUT2D eigenvalue weighted by Gasteiger charge is 2.50. The predicted molar refractivity (Wildman–Crippen MR) is 134 cm³/mol. The number of hydrogen-bond donors (Lipinski definition) is 0. The van der Waals surface area contributed by atoms with E-state index < -0.39 is 5.60 Å². The summed E-state index contributed by atoms with van der Waals surface area (Å²) in [5.41, 5.74) is 1.41. The lowest BCUT2D eigenvalue weighted by molar-refractivity contribution is -0.0609. The molecule has 4 nitrogen and oxygen atoms in total. The van der Waals surface area contributed by atoms with Crippen LogP contribution in [-0.2, 0) is 4.74 Å². The molecule has 0 aromatic carbocycles. The molecule has 1 aromatic rings. The highest BCUT2D eigenvalue weighted by Crippen LogP contribution is 2.62. The Balaban J connectivity index is 1.38. The van der Waals surface area contributed by atoms with Crippen LogP contribution in [0.5, 0.6) is 0 Å². The molecule has 0 N–H and O–H groups in total. The Morgan fingerprint density at radius 3 is 2.24 bits per heavy atom. The molecule has 0 aliphatic heterocycles. The van der Waals surface area contributed by atoms with Crippen LogP contribution < -0.4 is 0 Å². The van der Waals surface area contributed by atoms with Crippen molar-refractivity contribution in [2.75, 3.05) is 13.6 Å². The van der Waals surface area contributed by atoms with E-state index in [-0.39, 0.29) is 6.09 Å². The first kappa shape index (κ1) is 24.5. The normalized spacial score (nSPS) is 30.2. The monoisotopic (exact) mass is 453 g/mol. The smallest absolute Gasteiger partial charge is 0.410 e. The van der Waals surface area contributed by atoms with Gasteiger partial charge in [0.1, 0.15) is 5.60 Å². The molecule has 4 bridgehead atoms. The van der Waals surface area contributed by atoms with Gasteiger partial charge in [-0.15, -0.1) is 0 Å². The van der Waals surface area contributed by atoms with E-state index in [0.717, 1.165) is 30.7 Å². The minimum atomic E-state index is -0.453. The fraction of sp³-hybridized carbons (Fsp3) is 0.759. The molecular weight excluding hydrogens is 408 g/mol. The maximum Gasteiger partial charge on any atom is 0.410 e. The maximum absolute atomic E-state index is 12.5. The Morgan fingerprint density at radius 1 is 1.12 bits per heavy atom. The fourth-order valence-corrected chi connectivity index (χ4v) is 7.46. The van der Waals surface area contributed by atoms with Crippen LogP contribution in [0, 0.1) is 41.4 Å². The number of aromatic nitrogens is 1. The highest BCUT2D eigenvalue weighted by atomic mass is 16.6. The summed E-state index contributed by atoms with van der Waals surface area (Å²) in [4.78, 5) is 18.4. The molecule has 2 atom stereocenters. The third kappa shape index (κ3) is 6.51. The lowest BCUT2D eigenvalue weighted by atomic mass is 9.48. The molecule has 1 amide bonds. The molecule has 1 radical (unpaired) electrons. The van der Waals surface area contributed by atoms with Gasteiger partial charge < -0.3 is 9.64 Å². The van der Waals surface area contributed by atoms with Crippen molar-refractivity contribution in [3.8, 4) is 0 Å². The van der Waals surface area contributed by atoms with E-state index in [0.29, 0.717) is 17.3 Å². The van der Waals surface area contributed by atoms with Crippen LogP contribution in [0.3, 0.4) is 0 Å². The average molecular weight is 454 g/mol. The van der Waals surface area contributed by atoms with E-state index in [1.54, 1.807) is 4.90 Å². The first-order valence-corrected chi connectivity index (χ1v) is 13.3. The molecule has 183 valence electrons. The van der Waals surface area contributed by atoms with Crippen LogP contribution in [0.4, 0.5) is 4.79 Å². The zero-order chi connectivity index (χ0) is 23.6. The Bertz CT molecular complexity index is 749. The number of nitrogens with zero attached hydrogens (tertiary/aromatic N) is 2. The second-order valence-electron chi connectivity index (χ2n) is 12.7. The fourth-order valence-electron chi connectivity index (χ4n) is 7.46. The molecule has 4 fully saturated rings. The summed E-state index contributed by atoms with van der Waals surface area (Å²) < 4.78 is 5.58. The van der Waals surface area contributed by atoms with Crippen LogP contribution in [0.1, 0.15) is 91.0 Å². The third-order valence-corrected chi connectivity index (χ3v) is 8.66. The molecule has 2 unspecified atom stereocenters. The van der Waals surface area contributed by atoms with Gasteiger partial charge in [0.15, 0.2) is 0 Å². The van der Waals surface area contributed by atoms with Crippen LogP contribution in [-0.4, -0.2) is 35.2 Å². The van der Waals surface area contributed by atoms with Gasteiger partial charge in [-0.2, -0.15) is 0 Å². The lowest BCUT2D eigenvalue weighted by Crippen LogP contribution is -2.46. The minimum absolute atomic E-state index is 0.215. The van der Waals surface area contributed by atoms with Gasteiger partial charge in [0.25, 0.3) is 0 Å². The standard InChI is InChI=1S/C29H45N2O2/c1-21(14-22-7-11-30-12-8-22)26(9-13-31(5)27(32)33-28(2,3)4)6-10-29-18-23-15-24(19-29)17-25(16-23)20-29/h7-8,11-12,14,21,23-26H,6,9-10,13,15-20H2,1-5H3. The van der Waals surface area contributed by atoms with Crippen molar-refractivity contribution < 1.29 is 9.53 Å². The summed E-state index contributed by atoms with van der Waals surface area (Å²) >= 11 is 0. The molecule has 33 heavy (non-hydrogen) atoms. The van der Waals surface area contributed by atoms with Crippen LogP contribution >= 0.6 is 0 Å². The van der Waals surface area contributed by atoms with Crippen molar-refractivity contribution in [2.45, 2.75) is 91.1 Å². The Kier molecular flexibility index (Phi) is 7.41. The number of ether oxygens (including phenoxy) is 1. The molecule has 4 saturated carbocycles. The van der Waals surface area contributed by atoms with Crippen LogP contribution in [0.2, 0.25) is 0 Å². The second kappa shape index (κ2) is 9.96. The van der Waals surface area contributed by atoms with E-state index in [1.165, 1.54) is 56.9 Å². The van der Waals surface area contributed by atoms with E-state index >= 15 is 0 Å². The molecule has 4 aliphatic carbocycles. The molecule has 1 heterocycles. The van der Waals surface area contributed by atoms with Gasteiger partial charge in [-0.05, 0) is 138 Å². The van der Waals surface area contributed by atoms with Gasteiger partial charge in [0, 0.05) is 26.0 Å². The molecule has 4 heteroatoms. The summed E-state index contributed by atoms with van der Waals surface area (Å²) in [6.45, 7) is 8.89. The number of amides is 1. The van der Waals surface area contributed by atoms with Crippen molar-refractivity contribution in [3.05, 3.63) is 36.5 Å². The van der Waals surface area contributed by atoms with Gasteiger partial charge in [0.05, 0.1) is 0 Å². The van der Waals surface area contributed by atoms with Crippen LogP contribution in [0.25, 0.3) is 0 Å². The van der Waals surface area contributed by atoms with Gasteiger partial charge >= 0.3 is 6.09 Å². The van der Waals surface area contributed by atoms with Crippen molar-refractivity contribution in [2.24, 2.45) is 35.0 Å². The summed E-state index contributed by atoms with van der Waals surface area (Å²) in [5.74, 6) is 4.06. The number of carbonyl (C=O) groups excluding carboxylic acids is 1. The number of pyridine rings is 1. The second-order valence-corrected chi connectivity index (χ2v) is 12.7. The van der Waals surface area contributed by atoms with Gasteiger partial charge in [-0.3, -0.25) is 4.98 Å². The lowest BCUT2D eigenvalue weighted by Gasteiger charge is -2.57. The SMILES string of the molecule is CC([CH]c1ccncc1)C(CCN(C)C(=O)OC(C)(C)C)CCC12CC3CC(CC(C3)C1)C2. The van der Waals surface area contributed by atoms with Gasteiger partial charge in [0.2, 0.25) is 0 Å². The first-order valence-electron chi connectivity index (χ1n) is 13.3. The average Bonchev–Trinajstić information content (AvgIpc) is 2.72. The number of hydrogen-bond acceptors (Lipinski definition) is 3. The summed E-state index contributed by atoms with van der Waals surface area (Å²) in [6, 6.07) is 4.19. The number of rotatable bonds is 9. The third-order valence-electron chi connectivity index (χ3n) is 8.66. The Labute approximate surface area is 201 Å². The van der Waals surface area contributed by atoms with Gasteiger partial charge in [-0.25, -0.2) is 4.79 Å². The van der Waals surface area contributed by atoms with Gasteiger partial charge in [-0.1, -0.05) is 6.92 Å². The summed E-state index contributed by atoms with van der Waals surface area (Å²) in [6.07, 6.45) is 18.5. The van der Waals surface area contributed by atoms with E-state index in [9.17, 15) is 4.79 Å². The quantitative estimate of drug-likeness (QED) is 0.399. The van der Waals surface area contributed by atoms with Crippen molar-refractivity contribution >= 4 is 6.09 Å². The minimum Gasteiger partial charge on any atom is -0.444 e. The summed E-state index contributed by atoms with van der Waals surface area (Å²) in [7, 11) is 1.88. The number of carbonyl (C=O) groups is 1.